The number of hydrogen-bond donors (Lipinski definition) is 4. The third-order valence-electron chi connectivity index (χ3n) is 7.81. The molecule has 9 heteroatoms. The van der Waals surface area contributed by atoms with Gasteiger partial charge in [0.2, 0.25) is 11.8 Å². The molecule has 2 aromatic rings. The van der Waals surface area contributed by atoms with Gasteiger partial charge in [-0.1, -0.05) is 26.8 Å². The van der Waals surface area contributed by atoms with E-state index < -0.39 is 24.1 Å². The molecular weight excluding hydrogens is 461 g/mol. The summed E-state index contributed by atoms with van der Waals surface area (Å²) in [6, 6.07) is 3.43. The molecule has 4 N–H and O–H groups in total. The van der Waals surface area contributed by atoms with Crippen LogP contribution < -0.4 is 10.6 Å². The molecule has 8 nitrogen and oxygen atoms in total. The fourth-order valence-electron chi connectivity index (χ4n) is 5.80. The Morgan fingerprint density at radius 1 is 1.31 bits per heavy atom. The first-order valence-electron chi connectivity index (χ1n) is 13.3. The number of fused-ring (bicyclic) bond motifs is 1. The predicted octanol–water partition coefficient (Wildman–Crippen LogP) is 3.77. The molecule has 198 valence electrons. The molecule has 4 rings (SSSR count). The number of imidazole rings is 1. The van der Waals surface area contributed by atoms with Crippen LogP contribution in [0.5, 0.6) is 0 Å². The second-order valence-corrected chi connectivity index (χ2v) is 11.3. The number of rotatable bonds is 9. The summed E-state index contributed by atoms with van der Waals surface area (Å²) in [5.74, 6) is -0.429. The quantitative estimate of drug-likeness (QED) is 0.391. The number of amides is 2. The van der Waals surface area contributed by atoms with Crippen molar-refractivity contribution in [2.45, 2.75) is 97.0 Å². The maximum atomic E-state index is 14.1. The predicted molar refractivity (Wildman–Crippen MR) is 136 cm³/mol. The summed E-state index contributed by atoms with van der Waals surface area (Å²) in [6.07, 6.45) is 4.74. The number of likely N-dealkylation sites (tertiary alicyclic amines) is 1. The van der Waals surface area contributed by atoms with Gasteiger partial charge in [-0.05, 0) is 68.9 Å². The first-order valence-corrected chi connectivity index (χ1v) is 13.3. The molecule has 2 fully saturated rings. The Morgan fingerprint density at radius 3 is 2.72 bits per heavy atom. The number of aliphatic hydroxyl groups is 1. The van der Waals surface area contributed by atoms with E-state index in [1.807, 2.05) is 4.90 Å². The maximum Gasteiger partial charge on any atom is 0.238 e. The van der Waals surface area contributed by atoms with Gasteiger partial charge in [0.15, 0.2) is 5.82 Å². The number of nitrogens with one attached hydrogen (secondary N) is 3. The Hall–Kier alpha value is -2.52. The van der Waals surface area contributed by atoms with Crippen LogP contribution in [0, 0.1) is 17.2 Å². The minimum absolute atomic E-state index is 0.0308. The SMILES string of the molecule is CC[C@H]1CCCCN1C(=O)C[C@H](NC(O)C1CC(C)(C)C1)C(=O)N[C@@H](C)c1nc2c(F)cccc2[nH]1. The van der Waals surface area contributed by atoms with Crippen molar-refractivity contribution in [1.29, 1.82) is 0 Å². The third kappa shape index (κ3) is 5.89. The standard InChI is InChI=1S/C27H40FN5O3/c1-5-18-9-6-7-12-33(18)22(34)13-21(31-25(35)17-14-27(3,4)15-17)26(36)29-16(2)24-30-20-11-8-10-19(28)23(20)32-24/h8,10-11,16-18,21,25,31,35H,5-7,9,12-15H2,1-4H3,(H,29,36)(H,30,32)/t16-,18-,21-,25?/m0/s1. The van der Waals surface area contributed by atoms with E-state index in [1.54, 1.807) is 19.1 Å². The number of H-pyrrole nitrogens is 1. The number of carbonyl (C=O) groups excluding carboxylic acids is 2. The molecule has 1 unspecified atom stereocenters. The summed E-state index contributed by atoms with van der Waals surface area (Å²) in [6.45, 7) is 8.85. The molecule has 1 aromatic heterocycles. The number of nitrogens with zero attached hydrogens (tertiary/aromatic N) is 2. The molecule has 2 heterocycles. The number of aliphatic hydroxyl groups excluding tert-OH is 1. The molecule has 0 bridgehead atoms. The lowest BCUT2D eigenvalue weighted by atomic mass is 9.64. The van der Waals surface area contributed by atoms with Gasteiger partial charge in [-0.25, -0.2) is 9.37 Å². The lowest BCUT2D eigenvalue weighted by Crippen LogP contribution is -2.56. The summed E-state index contributed by atoms with van der Waals surface area (Å²) in [7, 11) is 0. The van der Waals surface area contributed by atoms with Crippen molar-refractivity contribution in [3.8, 4) is 0 Å². The second-order valence-electron chi connectivity index (χ2n) is 11.3. The highest BCUT2D eigenvalue weighted by atomic mass is 19.1. The normalized spacial score (nSPS) is 22.6. The topological polar surface area (TPSA) is 110 Å². The largest absolute Gasteiger partial charge is 0.378 e. The highest BCUT2D eigenvalue weighted by molar-refractivity contribution is 5.89. The number of hydrogen-bond acceptors (Lipinski definition) is 5. The van der Waals surface area contributed by atoms with E-state index in [9.17, 15) is 19.1 Å². The van der Waals surface area contributed by atoms with Crippen molar-refractivity contribution in [2.75, 3.05) is 6.54 Å². The van der Waals surface area contributed by atoms with Crippen LogP contribution in [0.25, 0.3) is 11.0 Å². The Kier molecular flexibility index (Phi) is 7.99. The van der Waals surface area contributed by atoms with Crippen LogP contribution >= 0.6 is 0 Å². The first-order chi connectivity index (χ1) is 17.1. The summed E-state index contributed by atoms with van der Waals surface area (Å²) in [5, 5.41) is 16.8. The van der Waals surface area contributed by atoms with Gasteiger partial charge in [-0.3, -0.25) is 14.9 Å². The molecule has 1 aliphatic carbocycles. The minimum Gasteiger partial charge on any atom is -0.378 e. The van der Waals surface area contributed by atoms with Crippen LogP contribution in [0.2, 0.25) is 0 Å². The monoisotopic (exact) mass is 501 g/mol. The Labute approximate surface area is 212 Å². The number of aromatic nitrogens is 2. The number of para-hydroxylation sites is 1. The average molecular weight is 502 g/mol. The van der Waals surface area contributed by atoms with Crippen LogP contribution in [0.1, 0.15) is 84.5 Å². The lowest BCUT2D eigenvalue weighted by Gasteiger charge is -2.45. The maximum absolute atomic E-state index is 14.1. The molecule has 1 saturated carbocycles. The van der Waals surface area contributed by atoms with Crippen molar-refractivity contribution in [3.05, 3.63) is 29.8 Å². The van der Waals surface area contributed by atoms with Crippen molar-refractivity contribution in [2.24, 2.45) is 11.3 Å². The summed E-state index contributed by atoms with van der Waals surface area (Å²) < 4.78 is 14.1. The Bertz CT molecular complexity index is 1080. The number of aromatic amines is 1. The average Bonchev–Trinajstić information content (AvgIpc) is 3.28. The molecule has 2 aliphatic rings. The fourth-order valence-corrected chi connectivity index (χ4v) is 5.80. The van der Waals surface area contributed by atoms with E-state index in [0.29, 0.717) is 17.9 Å². The zero-order valence-corrected chi connectivity index (χ0v) is 21.8. The van der Waals surface area contributed by atoms with E-state index in [0.717, 1.165) is 38.5 Å². The second kappa shape index (κ2) is 10.8. The smallest absolute Gasteiger partial charge is 0.238 e. The number of piperidine rings is 1. The molecule has 0 radical (unpaired) electrons. The van der Waals surface area contributed by atoms with Crippen LogP contribution in [0.4, 0.5) is 4.39 Å². The van der Waals surface area contributed by atoms with Crippen LogP contribution in [-0.4, -0.2) is 56.6 Å². The molecule has 4 atom stereocenters. The highest BCUT2D eigenvalue weighted by Gasteiger charge is 2.41. The van der Waals surface area contributed by atoms with Crippen molar-refractivity contribution < 1.29 is 19.1 Å². The van der Waals surface area contributed by atoms with E-state index in [1.165, 1.54) is 6.07 Å². The molecule has 1 saturated heterocycles. The molecule has 2 amide bonds. The highest BCUT2D eigenvalue weighted by Crippen LogP contribution is 2.46. The molecule has 36 heavy (non-hydrogen) atoms. The van der Waals surface area contributed by atoms with Gasteiger partial charge >= 0.3 is 0 Å². The van der Waals surface area contributed by atoms with Gasteiger partial charge in [-0.15, -0.1) is 0 Å². The van der Waals surface area contributed by atoms with E-state index in [-0.39, 0.29) is 41.1 Å². The Balaban J connectivity index is 1.47. The number of carbonyl (C=O) groups is 2. The van der Waals surface area contributed by atoms with Gasteiger partial charge in [0.1, 0.15) is 17.6 Å². The van der Waals surface area contributed by atoms with Crippen molar-refractivity contribution in [1.82, 2.24) is 25.5 Å². The van der Waals surface area contributed by atoms with Crippen molar-refractivity contribution >= 4 is 22.8 Å². The van der Waals surface area contributed by atoms with Gasteiger partial charge in [0.05, 0.1) is 24.0 Å². The summed E-state index contributed by atoms with van der Waals surface area (Å²) in [5.41, 5.74) is 0.945. The zero-order valence-electron chi connectivity index (χ0n) is 21.8. The molecule has 0 spiro atoms. The van der Waals surface area contributed by atoms with Crippen molar-refractivity contribution in [3.63, 3.8) is 0 Å². The van der Waals surface area contributed by atoms with Gasteiger partial charge in [-0.2, -0.15) is 0 Å². The molecule has 1 aromatic carbocycles. The molecular formula is C27H40FN5O3. The van der Waals surface area contributed by atoms with E-state index >= 15 is 0 Å². The number of benzene rings is 1. The first kappa shape index (κ1) is 26.5. The van der Waals surface area contributed by atoms with Gasteiger partial charge < -0.3 is 20.3 Å². The van der Waals surface area contributed by atoms with Gasteiger partial charge in [0, 0.05) is 12.6 Å². The number of halogens is 1. The zero-order chi connectivity index (χ0) is 26.0. The lowest BCUT2D eigenvalue weighted by molar-refractivity contribution is -0.139. The van der Waals surface area contributed by atoms with Crippen LogP contribution in [-0.2, 0) is 9.59 Å². The van der Waals surface area contributed by atoms with E-state index in [4.69, 9.17) is 0 Å². The molecule has 1 aliphatic heterocycles. The summed E-state index contributed by atoms with van der Waals surface area (Å²) >= 11 is 0. The van der Waals surface area contributed by atoms with Crippen LogP contribution in [0.15, 0.2) is 18.2 Å². The van der Waals surface area contributed by atoms with E-state index in [2.05, 4.69) is 41.4 Å². The van der Waals surface area contributed by atoms with Crippen LogP contribution in [0.3, 0.4) is 0 Å². The minimum atomic E-state index is -0.890. The fraction of sp³-hybridized carbons (Fsp3) is 0.667. The van der Waals surface area contributed by atoms with Gasteiger partial charge in [0.25, 0.3) is 0 Å². The third-order valence-corrected chi connectivity index (χ3v) is 7.81. The Morgan fingerprint density at radius 2 is 2.06 bits per heavy atom. The summed E-state index contributed by atoms with van der Waals surface area (Å²) in [4.78, 5) is 36.0.